The number of nitrogens with one attached hydrogen (secondary N) is 2. The minimum atomic E-state index is -0.125. The minimum absolute atomic E-state index is 0.125. The summed E-state index contributed by atoms with van der Waals surface area (Å²) in [6.07, 6.45) is 8.04. The zero-order valence-electron chi connectivity index (χ0n) is 17.6. The molecule has 3 aromatic rings. The molecule has 0 radical (unpaired) electrons. The molecule has 160 valence electrons. The maximum atomic E-state index is 12.4. The van der Waals surface area contributed by atoms with Crippen molar-refractivity contribution in [2.24, 2.45) is 5.92 Å². The van der Waals surface area contributed by atoms with Gasteiger partial charge in [-0.25, -0.2) is 4.98 Å². The van der Waals surface area contributed by atoms with Gasteiger partial charge in [0.1, 0.15) is 23.9 Å². The molecule has 0 bridgehead atoms. The third-order valence-corrected chi connectivity index (χ3v) is 5.53. The second kappa shape index (κ2) is 10.6. The van der Waals surface area contributed by atoms with Crippen molar-refractivity contribution in [3.05, 3.63) is 78.2 Å². The van der Waals surface area contributed by atoms with Crippen LogP contribution in [0.15, 0.2) is 66.9 Å². The van der Waals surface area contributed by atoms with Crippen LogP contribution in [-0.4, -0.2) is 22.4 Å². The lowest BCUT2D eigenvalue weighted by atomic mass is 10.0. The predicted molar refractivity (Wildman–Crippen MR) is 121 cm³/mol. The Morgan fingerprint density at radius 2 is 1.84 bits per heavy atom. The van der Waals surface area contributed by atoms with Crippen LogP contribution in [0.1, 0.15) is 48.3 Å². The lowest BCUT2D eigenvalue weighted by Crippen LogP contribution is -2.26. The highest BCUT2D eigenvalue weighted by atomic mass is 16.5. The fourth-order valence-corrected chi connectivity index (χ4v) is 3.83. The van der Waals surface area contributed by atoms with E-state index >= 15 is 0 Å². The molecule has 4 rings (SSSR count). The number of benzene rings is 1. The molecule has 2 heterocycles. The van der Waals surface area contributed by atoms with E-state index < -0.39 is 0 Å². The average Bonchev–Trinajstić information content (AvgIpc) is 3.33. The van der Waals surface area contributed by atoms with Crippen LogP contribution >= 0.6 is 0 Å². The van der Waals surface area contributed by atoms with E-state index in [9.17, 15) is 4.79 Å². The number of carbonyl (C=O) groups excluding carboxylic acids is 1. The van der Waals surface area contributed by atoms with E-state index in [1.807, 2.05) is 54.6 Å². The number of anilines is 2. The summed E-state index contributed by atoms with van der Waals surface area (Å²) >= 11 is 0. The molecule has 1 aliphatic rings. The number of carbonyl (C=O) groups is 1. The maximum absolute atomic E-state index is 12.4. The molecular formula is C25H28N4O2. The van der Waals surface area contributed by atoms with E-state index in [0.29, 0.717) is 24.7 Å². The molecule has 2 N–H and O–H groups in total. The summed E-state index contributed by atoms with van der Waals surface area (Å²) in [5.41, 5.74) is 2.18. The lowest BCUT2D eigenvalue weighted by Gasteiger charge is -2.11. The first-order valence-electron chi connectivity index (χ1n) is 10.9. The number of aromatic nitrogens is 2. The molecular weight excluding hydrogens is 388 g/mol. The monoisotopic (exact) mass is 416 g/mol. The average molecular weight is 417 g/mol. The Labute approximate surface area is 183 Å². The Balaban J connectivity index is 1.28. The molecule has 1 amide bonds. The quantitative estimate of drug-likeness (QED) is 0.507. The topological polar surface area (TPSA) is 76.1 Å². The van der Waals surface area contributed by atoms with Crippen molar-refractivity contribution in [1.82, 2.24) is 15.3 Å². The Morgan fingerprint density at radius 3 is 2.61 bits per heavy atom. The summed E-state index contributed by atoms with van der Waals surface area (Å²) in [5, 5.41) is 6.24. The first-order chi connectivity index (χ1) is 15.3. The molecule has 0 atom stereocenters. The van der Waals surface area contributed by atoms with E-state index in [0.717, 1.165) is 29.5 Å². The molecule has 1 aliphatic carbocycles. The van der Waals surface area contributed by atoms with Crippen molar-refractivity contribution in [2.45, 2.75) is 38.7 Å². The van der Waals surface area contributed by atoms with Crippen molar-refractivity contribution >= 4 is 17.4 Å². The maximum Gasteiger partial charge on any atom is 0.269 e. The lowest BCUT2D eigenvalue weighted by molar-refractivity contribution is 0.0946. The van der Waals surface area contributed by atoms with Gasteiger partial charge in [0, 0.05) is 18.4 Å². The van der Waals surface area contributed by atoms with Crippen LogP contribution < -0.4 is 15.4 Å². The molecule has 0 aliphatic heterocycles. The van der Waals surface area contributed by atoms with Crippen molar-refractivity contribution < 1.29 is 9.53 Å². The van der Waals surface area contributed by atoms with E-state index in [2.05, 4.69) is 20.6 Å². The van der Waals surface area contributed by atoms with Gasteiger partial charge in [-0.2, -0.15) is 0 Å². The first-order valence-corrected chi connectivity index (χ1v) is 10.9. The van der Waals surface area contributed by atoms with Crippen molar-refractivity contribution in [1.29, 1.82) is 0 Å². The Morgan fingerprint density at radius 1 is 1.00 bits per heavy atom. The normalized spacial score (nSPS) is 13.7. The van der Waals surface area contributed by atoms with Crippen LogP contribution in [0.5, 0.6) is 5.75 Å². The molecule has 1 saturated carbocycles. The minimum Gasteiger partial charge on any atom is -0.487 e. The molecule has 2 aromatic heterocycles. The summed E-state index contributed by atoms with van der Waals surface area (Å²) in [5.74, 6) is 2.03. The van der Waals surface area contributed by atoms with Gasteiger partial charge >= 0.3 is 0 Å². The third-order valence-electron chi connectivity index (χ3n) is 5.53. The van der Waals surface area contributed by atoms with Crippen molar-refractivity contribution in [3.8, 4) is 5.75 Å². The smallest absolute Gasteiger partial charge is 0.269 e. The standard InChI is InChI=1S/C25H28N4O2/c30-25(27-17-15-19-6-1-2-7-19)23-9-5-10-24(29-23)28-20-11-13-22(14-12-20)31-18-21-8-3-4-16-26-21/h3-5,8-14,16,19H,1-2,6-7,15,17-18H2,(H,27,30)(H,28,29). The highest BCUT2D eigenvalue weighted by Gasteiger charge is 2.15. The Hall–Kier alpha value is -3.41. The van der Waals surface area contributed by atoms with Crippen molar-refractivity contribution in [3.63, 3.8) is 0 Å². The number of hydrogen-bond acceptors (Lipinski definition) is 5. The molecule has 31 heavy (non-hydrogen) atoms. The fourth-order valence-electron chi connectivity index (χ4n) is 3.83. The molecule has 6 heteroatoms. The van der Waals surface area contributed by atoms with Crippen LogP contribution in [0.3, 0.4) is 0 Å². The SMILES string of the molecule is O=C(NCCC1CCCC1)c1cccc(Nc2ccc(OCc3ccccn3)cc2)n1. The molecule has 0 saturated heterocycles. The first kappa shape index (κ1) is 20.8. The molecule has 6 nitrogen and oxygen atoms in total. The second-order valence-corrected chi connectivity index (χ2v) is 7.86. The summed E-state index contributed by atoms with van der Waals surface area (Å²) in [7, 11) is 0. The summed E-state index contributed by atoms with van der Waals surface area (Å²) in [4.78, 5) is 21.1. The van der Waals surface area contributed by atoms with Gasteiger partial charge in [0.25, 0.3) is 5.91 Å². The molecule has 1 aromatic carbocycles. The number of hydrogen-bond donors (Lipinski definition) is 2. The van der Waals surface area contributed by atoms with Gasteiger partial charge in [-0.1, -0.05) is 37.8 Å². The molecule has 0 spiro atoms. The summed E-state index contributed by atoms with van der Waals surface area (Å²) < 4.78 is 5.76. The Bertz CT molecular complexity index is 970. The van der Waals surface area contributed by atoms with E-state index in [1.165, 1.54) is 25.7 Å². The number of rotatable bonds is 9. The van der Waals surface area contributed by atoms with Crippen LogP contribution in [0, 0.1) is 5.92 Å². The number of nitrogens with zero attached hydrogens (tertiary/aromatic N) is 2. The number of pyridine rings is 2. The van der Waals surface area contributed by atoms with E-state index in [1.54, 1.807) is 12.3 Å². The molecule has 1 fully saturated rings. The highest BCUT2D eigenvalue weighted by molar-refractivity contribution is 5.92. The number of amides is 1. The van der Waals surface area contributed by atoms with Crippen LogP contribution in [0.4, 0.5) is 11.5 Å². The van der Waals surface area contributed by atoms with Gasteiger partial charge in [-0.05, 0) is 60.9 Å². The van der Waals surface area contributed by atoms with Gasteiger partial charge in [-0.3, -0.25) is 9.78 Å². The molecule has 0 unspecified atom stereocenters. The van der Waals surface area contributed by atoms with Gasteiger partial charge in [0.2, 0.25) is 0 Å². The van der Waals surface area contributed by atoms with Gasteiger partial charge in [0.05, 0.1) is 5.69 Å². The van der Waals surface area contributed by atoms with E-state index in [4.69, 9.17) is 4.74 Å². The number of ether oxygens (including phenoxy) is 1. The Kier molecular flexibility index (Phi) is 7.11. The fraction of sp³-hybridized carbons (Fsp3) is 0.320. The van der Waals surface area contributed by atoms with Gasteiger partial charge < -0.3 is 15.4 Å². The third kappa shape index (κ3) is 6.28. The van der Waals surface area contributed by atoms with Gasteiger partial charge in [0.15, 0.2) is 0 Å². The highest BCUT2D eigenvalue weighted by Crippen LogP contribution is 2.27. The van der Waals surface area contributed by atoms with E-state index in [-0.39, 0.29) is 5.91 Å². The van der Waals surface area contributed by atoms with Crippen LogP contribution in [-0.2, 0) is 6.61 Å². The second-order valence-electron chi connectivity index (χ2n) is 7.86. The zero-order valence-corrected chi connectivity index (χ0v) is 17.6. The predicted octanol–water partition coefficient (Wildman–Crippen LogP) is 5.11. The van der Waals surface area contributed by atoms with Gasteiger partial charge in [-0.15, -0.1) is 0 Å². The summed E-state index contributed by atoms with van der Waals surface area (Å²) in [6, 6.07) is 18.8. The van der Waals surface area contributed by atoms with Crippen molar-refractivity contribution in [2.75, 3.05) is 11.9 Å². The summed E-state index contributed by atoms with van der Waals surface area (Å²) in [6.45, 7) is 1.13. The zero-order chi connectivity index (χ0) is 21.3. The van der Waals surface area contributed by atoms with Crippen LogP contribution in [0.2, 0.25) is 0 Å². The largest absolute Gasteiger partial charge is 0.487 e. The van der Waals surface area contributed by atoms with Crippen LogP contribution in [0.25, 0.3) is 0 Å².